The van der Waals surface area contributed by atoms with Crippen LogP contribution in [0.25, 0.3) is 6.08 Å². The summed E-state index contributed by atoms with van der Waals surface area (Å²) in [7, 11) is 0. The van der Waals surface area contributed by atoms with Crippen LogP contribution in [0.1, 0.15) is 15.2 Å². The van der Waals surface area contributed by atoms with Crippen LogP contribution in [0.5, 0.6) is 0 Å². The van der Waals surface area contributed by atoms with E-state index in [1.54, 1.807) is 30.3 Å². The van der Waals surface area contributed by atoms with E-state index in [1.165, 1.54) is 23.1 Å². The van der Waals surface area contributed by atoms with Gasteiger partial charge in [-0.1, -0.05) is 36.0 Å². The Balaban J connectivity index is 1.76. The first kappa shape index (κ1) is 15.0. The van der Waals surface area contributed by atoms with Crippen molar-refractivity contribution in [1.29, 1.82) is 0 Å². The van der Waals surface area contributed by atoms with Crippen molar-refractivity contribution in [3.8, 4) is 0 Å². The van der Waals surface area contributed by atoms with Crippen LogP contribution in [-0.2, 0) is 4.79 Å². The Bertz CT molecular complexity index is 754. The monoisotopic (exact) mass is 346 g/mol. The van der Waals surface area contributed by atoms with E-state index >= 15 is 0 Å². The van der Waals surface area contributed by atoms with Gasteiger partial charge in [0.25, 0.3) is 11.8 Å². The van der Waals surface area contributed by atoms with Crippen molar-refractivity contribution in [1.82, 2.24) is 10.4 Å². The summed E-state index contributed by atoms with van der Waals surface area (Å²) in [6.07, 6.45) is 1.78. The summed E-state index contributed by atoms with van der Waals surface area (Å²) in [6, 6.07) is 12.5. The lowest BCUT2D eigenvalue weighted by molar-refractivity contribution is -0.123. The van der Waals surface area contributed by atoms with Crippen molar-refractivity contribution in [2.75, 3.05) is 0 Å². The number of hydrogen-bond donors (Lipinski definition) is 1. The van der Waals surface area contributed by atoms with Gasteiger partial charge in [0, 0.05) is 10.4 Å². The number of nitrogens with zero attached hydrogens (tertiary/aromatic N) is 1. The maximum atomic E-state index is 12.3. The normalized spacial score (nSPS) is 16.4. The molecule has 2 aromatic rings. The topological polar surface area (TPSA) is 49.4 Å². The predicted octanol–water partition coefficient (Wildman–Crippen LogP) is 3.29. The highest BCUT2D eigenvalue weighted by atomic mass is 32.2. The molecule has 2 amide bonds. The SMILES string of the molecule is O=C(NN1C(=O)/C(=C\c2cccs2)SC1=S)c1ccccc1. The van der Waals surface area contributed by atoms with Crippen LogP contribution in [-0.4, -0.2) is 21.1 Å². The average molecular weight is 346 g/mol. The third-order valence-corrected chi connectivity index (χ3v) is 4.98. The highest BCUT2D eigenvalue weighted by Crippen LogP contribution is 2.32. The van der Waals surface area contributed by atoms with Crippen LogP contribution in [0.3, 0.4) is 0 Å². The van der Waals surface area contributed by atoms with E-state index in [1.807, 2.05) is 23.6 Å². The van der Waals surface area contributed by atoms with Crippen molar-refractivity contribution in [3.63, 3.8) is 0 Å². The van der Waals surface area contributed by atoms with Crippen LogP contribution in [0.2, 0.25) is 0 Å². The molecule has 1 aliphatic heterocycles. The molecule has 1 aliphatic rings. The second-order valence-corrected chi connectivity index (χ2v) is 6.99. The quantitative estimate of drug-likeness (QED) is 0.684. The van der Waals surface area contributed by atoms with Crippen molar-refractivity contribution >= 4 is 57.5 Å². The fourth-order valence-electron chi connectivity index (χ4n) is 1.82. The molecule has 1 aromatic carbocycles. The van der Waals surface area contributed by atoms with E-state index in [2.05, 4.69) is 5.43 Å². The highest BCUT2D eigenvalue weighted by molar-refractivity contribution is 8.26. The molecule has 0 saturated carbocycles. The minimum atomic E-state index is -0.366. The van der Waals surface area contributed by atoms with E-state index in [-0.39, 0.29) is 11.8 Å². The molecule has 3 rings (SSSR count). The molecule has 7 heteroatoms. The van der Waals surface area contributed by atoms with Gasteiger partial charge >= 0.3 is 0 Å². The molecule has 2 heterocycles. The van der Waals surface area contributed by atoms with Gasteiger partial charge in [0.2, 0.25) is 0 Å². The van der Waals surface area contributed by atoms with Crippen LogP contribution >= 0.6 is 35.3 Å². The smallest absolute Gasteiger partial charge is 0.267 e. The molecular weight excluding hydrogens is 336 g/mol. The zero-order chi connectivity index (χ0) is 15.5. The molecule has 1 saturated heterocycles. The molecule has 0 radical (unpaired) electrons. The van der Waals surface area contributed by atoms with Gasteiger partial charge in [-0.05, 0) is 41.9 Å². The number of benzene rings is 1. The Kier molecular flexibility index (Phi) is 4.37. The maximum Gasteiger partial charge on any atom is 0.285 e. The number of hydrogen-bond acceptors (Lipinski definition) is 5. The van der Waals surface area contributed by atoms with Crippen molar-refractivity contribution in [2.24, 2.45) is 0 Å². The van der Waals surface area contributed by atoms with Gasteiger partial charge in [0.15, 0.2) is 4.32 Å². The van der Waals surface area contributed by atoms with E-state index in [0.29, 0.717) is 14.8 Å². The summed E-state index contributed by atoms with van der Waals surface area (Å²) in [6.45, 7) is 0. The second kappa shape index (κ2) is 6.43. The zero-order valence-corrected chi connectivity index (χ0v) is 13.6. The van der Waals surface area contributed by atoms with Crippen molar-refractivity contribution in [2.45, 2.75) is 0 Å². The Morgan fingerprint density at radius 3 is 2.64 bits per heavy atom. The number of nitrogens with one attached hydrogen (secondary N) is 1. The fourth-order valence-corrected chi connectivity index (χ4v) is 3.72. The lowest BCUT2D eigenvalue weighted by Gasteiger charge is -2.15. The number of carbonyl (C=O) groups is 2. The molecule has 110 valence electrons. The molecular formula is C15H10N2O2S3. The molecule has 0 bridgehead atoms. The van der Waals surface area contributed by atoms with E-state index < -0.39 is 0 Å². The maximum absolute atomic E-state index is 12.3. The second-order valence-electron chi connectivity index (χ2n) is 4.34. The van der Waals surface area contributed by atoms with Crippen LogP contribution < -0.4 is 5.43 Å². The number of amides is 2. The molecule has 1 fully saturated rings. The van der Waals surface area contributed by atoms with Crippen molar-refractivity contribution < 1.29 is 9.59 Å². The molecule has 0 spiro atoms. The Labute approximate surface area is 140 Å². The first-order chi connectivity index (χ1) is 10.6. The lowest BCUT2D eigenvalue weighted by Crippen LogP contribution is -2.44. The summed E-state index contributed by atoms with van der Waals surface area (Å²) < 4.78 is 0.317. The number of thiocarbonyl (C=S) groups is 1. The molecule has 0 aliphatic carbocycles. The van der Waals surface area contributed by atoms with Gasteiger partial charge < -0.3 is 0 Å². The van der Waals surface area contributed by atoms with Crippen LogP contribution in [0.4, 0.5) is 0 Å². The fraction of sp³-hybridized carbons (Fsp3) is 0. The molecule has 0 atom stereocenters. The first-order valence-electron chi connectivity index (χ1n) is 6.32. The number of rotatable bonds is 3. The predicted molar refractivity (Wildman–Crippen MR) is 93.2 cm³/mol. The Morgan fingerprint density at radius 2 is 1.95 bits per heavy atom. The minimum Gasteiger partial charge on any atom is -0.267 e. The van der Waals surface area contributed by atoms with Gasteiger partial charge in [-0.15, -0.1) is 11.3 Å². The summed E-state index contributed by atoms with van der Waals surface area (Å²) in [5.41, 5.74) is 3.02. The van der Waals surface area contributed by atoms with Crippen molar-refractivity contribution in [3.05, 3.63) is 63.2 Å². The van der Waals surface area contributed by atoms with E-state index in [9.17, 15) is 9.59 Å². The Morgan fingerprint density at radius 1 is 1.18 bits per heavy atom. The summed E-state index contributed by atoms with van der Waals surface area (Å²) in [5, 5.41) is 3.05. The largest absolute Gasteiger partial charge is 0.285 e. The minimum absolute atomic E-state index is 0.312. The molecule has 4 nitrogen and oxygen atoms in total. The van der Waals surface area contributed by atoms with E-state index in [0.717, 1.165) is 9.89 Å². The standard InChI is InChI=1S/C15H10N2O2S3/c18-13(10-5-2-1-3-6-10)16-17-14(19)12(22-15(17)20)9-11-7-4-8-21-11/h1-9H,(H,16,18)/b12-9+. The van der Waals surface area contributed by atoms with Gasteiger partial charge in [-0.25, -0.2) is 0 Å². The van der Waals surface area contributed by atoms with Gasteiger partial charge in [-0.2, -0.15) is 5.01 Å². The van der Waals surface area contributed by atoms with Gasteiger partial charge in [0.1, 0.15) is 0 Å². The third-order valence-electron chi connectivity index (χ3n) is 2.86. The lowest BCUT2D eigenvalue weighted by atomic mass is 10.2. The summed E-state index contributed by atoms with van der Waals surface area (Å²) >= 11 is 7.89. The molecule has 0 unspecified atom stereocenters. The number of thiophene rings is 1. The summed E-state index contributed by atoms with van der Waals surface area (Å²) in [5.74, 6) is -0.679. The Hall–Kier alpha value is -1.96. The van der Waals surface area contributed by atoms with Crippen LogP contribution in [0.15, 0.2) is 52.7 Å². The van der Waals surface area contributed by atoms with Crippen LogP contribution in [0, 0.1) is 0 Å². The number of thioether (sulfide) groups is 1. The van der Waals surface area contributed by atoms with Gasteiger partial charge in [0.05, 0.1) is 4.91 Å². The molecule has 1 aromatic heterocycles. The first-order valence-corrected chi connectivity index (χ1v) is 8.43. The number of carbonyl (C=O) groups excluding carboxylic acids is 2. The van der Waals surface area contributed by atoms with E-state index in [4.69, 9.17) is 12.2 Å². The summed E-state index contributed by atoms with van der Waals surface area (Å²) in [4.78, 5) is 25.9. The third kappa shape index (κ3) is 3.11. The molecule has 1 N–H and O–H groups in total. The van der Waals surface area contributed by atoms with Gasteiger partial charge in [-0.3, -0.25) is 15.0 Å². The molecule has 22 heavy (non-hydrogen) atoms. The zero-order valence-electron chi connectivity index (χ0n) is 11.2. The highest BCUT2D eigenvalue weighted by Gasteiger charge is 2.33. The number of hydrazine groups is 1. The average Bonchev–Trinajstić information content (AvgIpc) is 3.12.